The van der Waals surface area contributed by atoms with Crippen molar-refractivity contribution in [2.24, 2.45) is 0 Å². The molecule has 1 aromatic rings. The highest BCUT2D eigenvalue weighted by Crippen LogP contribution is 2.35. The summed E-state index contributed by atoms with van der Waals surface area (Å²) >= 11 is 0. The number of hydrogen-bond donors (Lipinski definition) is 1. The first-order valence-electron chi connectivity index (χ1n) is 4.54. The van der Waals surface area contributed by atoms with Crippen molar-refractivity contribution < 1.29 is 19.0 Å². The molecule has 1 N–H and O–H groups in total. The normalized spacial score (nSPS) is 11.3. The molecule has 0 amide bonds. The molecule has 0 radical (unpaired) electrons. The van der Waals surface area contributed by atoms with Crippen molar-refractivity contribution in [3.63, 3.8) is 0 Å². The first-order chi connectivity index (χ1) is 6.90. The van der Waals surface area contributed by atoms with Gasteiger partial charge in [-0.05, 0) is 13.8 Å². The van der Waals surface area contributed by atoms with Crippen LogP contribution in [0.2, 0.25) is 0 Å². The van der Waals surface area contributed by atoms with Crippen molar-refractivity contribution in [3.8, 4) is 11.5 Å². The van der Waals surface area contributed by atoms with Crippen LogP contribution in [-0.4, -0.2) is 19.3 Å². The summed E-state index contributed by atoms with van der Waals surface area (Å²) in [6.07, 6.45) is 0. The second kappa shape index (κ2) is 4.06. The molecule has 0 atom stereocenters. The molecule has 3 nitrogen and oxygen atoms in total. The molecule has 1 aromatic carbocycles. The molecular weight excluding hydrogens is 199 g/mol. The van der Waals surface area contributed by atoms with Crippen molar-refractivity contribution in [2.75, 3.05) is 14.2 Å². The van der Waals surface area contributed by atoms with Gasteiger partial charge in [-0.25, -0.2) is 4.39 Å². The van der Waals surface area contributed by atoms with Gasteiger partial charge in [0.2, 0.25) is 0 Å². The summed E-state index contributed by atoms with van der Waals surface area (Å²) in [4.78, 5) is 0. The summed E-state index contributed by atoms with van der Waals surface area (Å²) < 4.78 is 23.6. The molecule has 0 aromatic heterocycles. The molecule has 0 aliphatic heterocycles. The molecule has 0 heterocycles. The van der Waals surface area contributed by atoms with Crippen LogP contribution < -0.4 is 9.47 Å². The molecule has 0 bridgehead atoms. The van der Waals surface area contributed by atoms with Gasteiger partial charge >= 0.3 is 0 Å². The maximum Gasteiger partial charge on any atom is 0.136 e. The topological polar surface area (TPSA) is 38.7 Å². The SMILES string of the molecule is COc1cc(F)c(C(C)(C)O)c(OC)c1. The van der Waals surface area contributed by atoms with Crippen LogP contribution in [0.3, 0.4) is 0 Å². The predicted octanol–water partition coefficient (Wildman–Crippen LogP) is 2.07. The number of halogens is 1. The average molecular weight is 214 g/mol. The zero-order chi connectivity index (χ0) is 11.6. The standard InChI is InChI=1S/C11H15FO3/c1-11(2,13)10-8(12)5-7(14-3)6-9(10)15-4/h5-6,13H,1-4H3. The lowest BCUT2D eigenvalue weighted by molar-refractivity contribution is 0.0713. The Morgan fingerprint density at radius 3 is 2.20 bits per heavy atom. The van der Waals surface area contributed by atoms with E-state index in [4.69, 9.17) is 9.47 Å². The van der Waals surface area contributed by atoms with E-state index in [1.165, 1.54) is 40.2 Å². The van der Waals surface area contributed by atoms with E-state index in [-0.39, 0.29) is 11.3 Å². The van der Waals surface area contributed by atoms with Gasteiger partial charge in [0.05, 0.1) is 25.4 Å². The molecule has 0 saturated carbocycles. The third kappa shape index (κ3) is 2.39. The first-order valence-corrected chi connectivity index (χ1v) is 4.54. The molecule has 0 spiro atoms. The molecule has 15 heavy (non-hydrogen) atoms. The van der Waals surface area contributed by atoms with Crippen molar-refractivity contribution >= 4 is 0 Å². The highest BCUT2D eigenvalue weighted by molar-refractivity contribution is 5.44. The van der Waals surface area contributed by atoms with Gasteiger partial charge in [-0.15, -0.1) is 0 Å². The fourth-order valence-corrected chi connectivity index (χ4v) is 1.43. The van der Waals surface area contributed by atoms with Crippen LogP contribution in [0.5, 0.6) is 11.5 Å². The Hall–Kier alpha value is -1.29. The van der Waals surface area contributed by atoms with Gasteiger partial charge in [-0.1, -0.05) is 0 Å². The third-order valence-corrected chi connectivity index (χ3v) is 2.09. The summed E-state index contributed by atoms with van der Waals surface area (Å²) in [7, 11) is 2.86. The third-order valence-electron chi connectivity index (χ3n) is 2.09. The van der Waals surface area contributed by atoms with E-state index in [1.54, 1.807) is 0 Å². The van der Waals surface area contributed by atoms with Gasteiger partial charge in [0, 0.05) is 12.1 Å². The lowest BCUT2D eigenvalue weighted by Gasteiger charge is -2.22. The molecule has 0 aliphatic rings. The van der Waals surface area contributed by atoms with Gasteiger partial charge in [-0.2, -0.15) is 0 Å². The monoisotopic (exact) mass is 214 g/mol. The van der Waals surface area contributed by atoms with Crippen molar-refractivity contribution in [2.45, 2.75) is 19.4 Å². The Labute approximate surface area is 88.4 Å². The summed E-state index contributed by atoms with van der Waals surface area (Å²) in [6, 6.07) is 2.76. The minimum absolute atomic E-state index is 0.130. The summed E-state index contributed by atoms with van der Waals surface area (Å²) in [6.45, 7) is 3.00. The molecule has 0 aliphatic carbocycles. The number of rotatable bonds is 3. The predicted molar refractivity (Wildman–Crippen MR) is 54.7 cm³/mol. The smallest absolute Gasteiger partial charge is 0.136 e. The largest absolute Gasteiger partial charge is 0.497 e. The summed E-state index contributed by atoms with van der Waals surface area (Å²) in [5.74, 6) is 0.0930. The van der Waals surface area contributed by atoms with Gasteiger partial charge < -0.3 is 14.6 Å². The van der Waals surface area contributed by atoms with Crippen molar-refractivity contribution in [3.05, 3.63) is 23.5 Å². The second-order valence-corrected chi connectivity index (χ2v) is 3.75. The number of benzene rings is 1. The summed E-state index contributed by atoms with van der Waals surface area (Å²) in [5, 5.41) is 9.78. The van der Waals surface area contributed by atoms with Crippen LogP contribution in [0.1, 0.15) is 19.4 Å². The Balaban J connectivity index is 3.38. The maximum absolute atomic E-state index is 13.7. The molecule has 84 valence electrons. The fourth-order valence-electron chi connectivity index (χ4n) is 1.43. The minimum atomic E-state index is -1.29. The summed E-state index contributed by atoms with van der Waals surface area (Å²) in [5.41, 5.74) is -1.16. The van der Waals surface area contributed by atoms with Gasteiger partial charge in [-0.3, -0.25) is 0 Å². The van der Waals surface area contributed by atoms with Gasteiger partial charge in [0.25, 0.3) is 0 Å². The molecule has 1 rings (SSSR count). The first kappa shape index (κ1) is 11.8. The molecule has 0 unspecified atom stereocenters. The van der Waals surface area contributed by atoms with Crippen LogP contribution in [0.4, 0.5) is 4.39 Å². The van der Waals surface area contributed by atoms with Crippen LogP contribution in [-0.2, 0) is 5.60 Å². The van der Waals surface area contributed by atoms with E-state index in [1.807, 2.05) is 0 Å². The Morgan fingerprint density at radius 1 is 1.20 bits per heavy atom. The van der Waals surface area contributed by atoms with Gasteiger partial charge in [0.1, 0.15) is 17.3 Å². The van der Waals surface area contributed by atoms with Crippen molar-refractivity contribution in [1.29, 1.82) is 0 Å². The average Bonchev–Trinajstić information content (AvgIpc) is 2.14. The Morgan fingerprint density at radius 2 is 1.80 bits per heavy atom. The van der Waals surface area contributed by atoms with E-state index in [0.717, 1.165) is 0 Å². The van der Waals surface area contributed by atoms with E-state index in [0.29, 0.717) is 5.75 Å². The maximum atomic E-state index is 13.7. The number of aliphatic hydroxyl groups is 1. The Kier molecular flexibility index (Phi) is 3.19. The van der Waals surface area contributed by atoms with Gasteiger partial charge in [0.15, 0.2) is 0 Å². The second-order valence-electron chi connectivity index (χ2n) is 3.75. The zero-order valence-electron chi connectivity index (χ0n) is 9.30. The highest BCUT2D eigenvalue weighted by Gasteiger charge is 2.26. The van der Waals surface area contributed by atoms with E-state index in [9.17, 15) is 9.50 Å². The van der Waals surface area contributed by atoms with Crippen molar-refractivity contribution in [1.82, 2.24) is 0 Å². The lowest BCUT2D eigenvalue weighted by atomic mass is 9.96. The quantitative estimate of drug-likeness (QED) is 0.837. The number of methoxy groups -OCH3 is 2. The zero-order valence-corrected chi connectivity index (χ0v) is 9.30. The van der Waals surface area contributed by atoms with E-state index in [2.05, 4.69) is 0 Å². The van der Waals surface area contributed by atoms with E-state index < -0.39 is 11.4 Å². The van der Waals surface area contributed by atoms with Crippen LogP contribution in [0, 0.1) is 5.82 Å². The molecule has 0 fully saturated rings. The van der Waals surface area contributed by atoms with Crippen LogP contribution >= 0.6 is 0 Å². The molecule has 0 saturated heterocycles. The highest BCUT2D eigenvalue weighted by atomic mass is 19.1. The minimum Gasteiger partial charge on any atom is -0.497 e. The van der Waals surface area contributed by atoms with Crippen LogP contribution in [0.25, 0.3) is 0 Å². The molecular formula is C11H15FO3. The number of hydrogen-bond acceptors (Lipinski definition) is 3. The number of ether oxygens (including phenoxy) is 2. The molecule has 4 heteroatoms. The lowest BCUT2D eigenvalue weighted by Crippen LogP contribution is -2.19. The Bertz CT molecular complexity index is 356. The van der Waals surface area contributed by atoms with E-state index >= 15 is 0 Å². The van der Waals surface area contributed by atoms with Crippen LogP contribution in [0.15, 0.2) is 12.1 Å². The fraction of sp³-hybridized carbons (Fsp3) is 0.455.